The van der Waals surface area contributed by atoms with Crippen LogP contribution in [0, 0.1) is 11.0 Å². The highest BCUT2D eigenvalue weighted by Crippen LogP contribution is 2.50. The molecule has 0 radical (unpaired) electrons. The minimum absolute atomic E-state index is 0.0265. The zero-order chi connectivity index (χ0) is 41.2. The summed E-state index contributed by atoms with van der Waals surface area (Å²) in [4.78, 5) is 0. The lowest BCUT2D eigenvalue weighted by Crippen LogP contribution is -2.54. The molecule has 0 aliphatic heterocycles. The van der Waals surface area contributed by atoms with Gasteiger partial charge in [0.15, 0.2) is 0 Å². The summed E-state index contributed by atoms with van der Waals surface area (Å²) in [6.45, 7) is 0. The quantitative estimate of drug-likeness (QED) is 0.0641. The Morgan fingerprint density at radius 3 is 1.28 bits per heavy atom. The Hall–Kier alpha value is -5.12. The summed E-state index contributed by atoms with van der Waals surface area (Å²) in [7, 11) is -10.7. The first kappa shape index (κ1) is 35.9. The van der Waals surface area contributed by atoms with Crippen LogP contribution in [-0.2, 0) is 43.7 Å². The monoisotopic (exact) mass is 792 g/mol. The van der Waals surface area contributed by atoms with Gasteiger partial charge in [0.1, 0.15) is 10.5 Å². The van der Waals surface area contributed by atoms with Crippen LogP contribution in [0.4, 0.5) is 26.3 Å². The van der Waals surface area contributed by atoms with Gasteiger partial charge < -0.3 is 11.5 Å². The van der Waals surface area contributed by atoms with E-state index in [0.29, 0.717) is 12.1 Å². The molecule has 4 aromatic carbocycles. The van der Waals surface area contributed by atoms with E-state index in [1.165, 1.54) is 48.5 Å². The molecule has 6 rings (SSSR count). The summed E-state index contributed by atoms with van der Waals surface area (Å²) in [6.07, 6.45) is -9.22. The summed E-state index contributed by atoms with van der Waals surface area (Å²) in [5.41, 5.74) is 6.37. The van der Waals surface area contributed by atoms with Crippen LogP contribution in [0.15, 0.2) is 107 Å². The summed E-state index contributed by atoms with van der Waals surface area (Å²) < 4.78 is 176. The van der Waals surface area contributed by atoms with Crippen molar-refractivity contribution in [1.29, 1.82) is 11.0 Å². The molecule has 2 aliphatic carbocycles. The minimum Gasteiger partial charge on any atom is -0.316 e. The van der Waals surface area contributed by atoms with Gasteiger partial charge in [0, 0.05) is 11.1 Å². The van der Waals surface area contributed by atoms with Gasteiger partial charge in [0.05, 0.1) is 33.6 Å². The first-order chi connectivity index (χ1) is 26.0. The van der Waals surface area contributed by atoms with Gasteiger partial charge in [0.25, 0.3) is 20.2 Å². The van der Waals surface area contributed by atoms with Gasteiger partial charge in [-0.05, 0) is 57.7 Å². The van der Waals surface area contributed by atoms with E-state index in [4.69, 9.17) is 14.3 Å². The van der Waals surface area contributed by atoms with Crippen molar-refractivity contribution in [3.05, 3.63) is 142 Å². The molecule has 4 aromatic rings. The lowest BCUT2D eigenvalue weighted by Gasteiger charge is -2.41. The van der Waals surface area contributed by atoms with Crippen LogP contribution in [0.5, 0.6) is 0 Å². The number of halogens is 6. The molecule has 20 heteroatoms. The molecule has 54 heavy (non-hydrogen) atoms. The third-order valence-electron chi connectivity index (χ3n) is 9.55. The SMILES string of the molecule is [H]/N=N/C1=CC(S(=O)(=O)O)C(N)(c2ccc(-c3ccc(C4(N)c5ccccc5C(/N=N/[H])=CC4S(=O)(=O)O)c(C(F)(F)F)c3)cc2C(F)(F)F)c2ccccc21. The van der Waals surface area contributed by atoms with E-state index in [0.717, 1.165) is 36.4 Å². The molecule has 0 aromatic heterocycles. The molecule has 0 spiro atoms. The summed E-state index contributed by atoms with van der Waals surface area (Å²) in [5, 5.41) is 2.38. The highest BCUT2D eigenvalue weighted by Gasteiger charge is 2.54. The molecule has 4 unspecified atom stereocenters. The van der Waals surface area contributed by atoms with Crippen molar-refractivity contribution >= 4 is 31.6 Å². The number of alkyl halides is 6. The Morgan fingerprint density at radius 2 is 0.963 bits per heavy atom. The predicted molar refractivity (Wildman–Crippen MR) is 182 cm³/mol. The van der Waals surface area contributed by atoms with Gasteiger partial charge in [-0.2, -0.15) is 53.4 Å². The molecule has 0 fully saturated rings. The number of hydrogen-bond donors (Lipinski definition) is 6. The van der Waals surface area contributed by atoms with Crippen LogP contribution in [0.1, 0.15) is 44.5 Å². The van der Waals surface area contributed by atoms with Crippen molar-refractivity contribution in [2.45, 2.75) is 33.9 Å². The Labute approximate surface area is 305 Å². The van der Waals surface area contributed by atoms with Crippen molar-refractivity contribution < 1.29 is 55.1 Å². The average molecular weight is 793 g/mol. The van der Waals surface area contributed by atoms with Crippen LogP contribution in [0.2, 0.25) is 2.82 Å². The number of benzene rings is 4. The molecule has 12 nitrogen and oxygen atoms in total. The molecule has 0 saturated carbocycles. The highest BCUT2D eigenvalue weighted by atomic mass is 32.2. The summed E-state index contributed by atoms with van der Waals surface area (Å²) in [6, 6.07) is 14.7. The van der Waals surface area contributed by atoms with Crippen LogP contribution in [0.3, 0.4) is 0 Å². The summed E-state index contributed by atoms with van der Waals surface area (Å²) >= 11 is 0. The molecule has 4 atom stereocenters. The molecular weight excluding hydrogens is 767 g/mol. The predicted octanol–water partition coefficient (Wildman–Crippen LogP) is 7.08. The maximum atomic E-state index is 15.0. The first-order valence-corrected chi connectivity index (χ1v) is 18.3. The van der Waals surface area contributed by atoms with Gasteiger partial charge in [-0.25, -0.2) is 11.0 Å². The maximum Gasteiger partial charge on any atom is 0.416 e. The number of nitrogens with one attached hydrogen (secondary N) is 2. The Bertz CT molecular complexity index is 2440. The first-order valence-electron chi connectivity index (χ1n) is 16.2. The number of fused-ring (bicyclic) bond motifs is 2. The number of hydrogen-bond acceptors (Lipinski definition) is 10. The highest BCUT2D eigenvalue weighted by molar-refractivity contribution is 7.87. The second-order valence-electron chi connectivity index (χ2n) is 12.5. The lowest BCUT2D eigenvalue weighted by atomic mass is 9.72. The second-order valence-corrected chi connectivity index (χ2v) is 15.6. The van der Waals surface area contributed by atoms with E-state index in [1.54, 1.807) is 0 Å². The molecule has 0 saturated heterocycles. The normalized spacial score (nSPS) is 24.0. The van der Waals surface area contributed by atoms with Crippen molar-refractivity contribution in [1.82, 2.24) is 0 Å². The molecule has 2 aliphatic rings. The molecule has 282 valence electrons. The van der Waals surface area contributed by atoms with Crippen LogP contribution < -0.4 is 11.5 Å². The lowest BCUT2D eigenvalue weighted by molar-refractivity contribution is -0.139. The average Bonchev–Trinajstić information content (AvgIpc) is 3.12. The van der Waals surface area contributed by atoms with E-state index < -0.39 is 87.5 Å². The topological polar surface area (TPSA) is 233 Å². The second kappa shape index (κ2) is 12.7. The van der Waals surface area contributed by atoms with E-state index in [9.17, 15) is 25.9 Å². The molecule has 0 amide bonds. The van der Waals surface area contributed by atoms with E-state index >= 15 is 26.3 Å². The fraction of sp³-hybridized carbons (Fsp3) is 0.176. The molecule has 8 N–H and O–H groups in total. The van der Waals surface area contributed by atoms with Gasteiger partial charge in [-0.15, -0.1) is 0 Å². The maximum absolute atomic E-state index is 15.0. The zero-order valence-electron chi connectivity index (χ0n) is 28.9. The number of nitrogens with zero attached hydrogens (tertiary/aromatic N) is 2. The third kappa shape index (κ3) is 6.13. The number of rotatable bonds is 7. The number of nitrogens with two attached hydrogens (primary N) is 2. The van der Waals surface area contributed by atoms with Crippen molar-refractivity contribution in [2.75, 3.05) is 0 Å². The van der Waals surface area contributed by atoms with Crippen molar-refractivity contribution in [2.24, 2.45) is 21.7 Å². The van der Waals surface area contributed by atoms with E-state index in [-0.39, 0.29) is 33.6 Å². The van der Waals surface area contributed by atoms with Crippen molar-refractivity contribution in [3.63, 3.8) is 0 Å². The molecule has 0 bridgehead atoms. The largest absolute Gasteiger partial charge is 0.416 e. The standard InChI is InChI=1S/C34H26F6N6O6S2/c35-33(36,37)25-13-17(9-11-23(25)31(41)21-7-3-1-5-19(21)27(45-43)15-29(31)53(47,48)49)18-10-12-24(26(14-18)34(38,39)40)32(42)22-8-4-2-6-20(22)28(46-44)16-30(32)54(50,51)52/h1-16,29-30,43-44H,41-42H2,(H,47,48,49)(H,50,51,52)/b45-43+,46-44+. The summed E-state index contributed by atoms with van der Waals surface area (Å²) in [5.74, 6) is 0. The Morgan fingerprint density at radius 1 is 0.611 bits per heavy atom. The van der Waals surface area contributed by atoms with Crippen LogP contribution in [0.25, 0.3) is 22.5 Å². The zero-order valence-corrected chi connectivity index (χ0v) is 28.6. The van der Waals surface area contributed by atoms with Crippen LogP contribution in [-0.4, -0.2) is 36.4 Å². The van der Waals surface area contributed by atoms with Crippen LogP contribution >= 0.6 is 0 Å². The Kier molecular flexibility index (Phi) is 8.47. The van der Waals surface area contributed by atoms with Crippen molar-refractivity contribution in [3.8, 4) is 11.1 Å². The van der Waals surface area contributed by atoms with Gasteiger partial charge in [0.2, 0.25) is 2.82 Å². The van der Waals surface area contributed by atoms with Gasteiger partial charge in [-0.3, -0.25) is 9.11 Å². The fourth-order valence-electron chi connectivity index (χ4n) is 7.22. The van der Waals surface area contributed by atoms with Gasteiger partial charge >= 0.3 is 12.4 Å². The molecular formula is C34H26F6N6O6S2. The fourth-order valence-corrected chi connectivity index (χ4v) is 9.27. The smallest absolute Gasteiger partial charge is 0.316 e. The van der Waals surface area contributed by atoms with E-state index in [2.05, 4.69) is 21.3 Å². The Balaban J connectivity index is 1.60. The molecule has 0 heterocycles. The van der Waals surface area contributed by atoms with Gasteiger partial charge in [-0.1, -0.05) is 72.8 Å². The van der Waals surface area contributed by atoms with E-state index in [1.807, 2.05) is 0 Å². The minimum atomic E-state index is -5.34. The third-order valence-corrected chi connectivity index (χ3v) is 11.8.